The van der Waals surface area contributed by atoms with Gasteiger partial charge in [-0.15, -0.1) is 0 Å². The number of aromatic nitrogens is 1. The number of nitrogens with one attached hydrogen (secondary N) is 1. The molecule has 0 aliphatic rings. The van der Waals surface area contributed by atoms with Gasteiger partial charge in [-0.25, -0.2) is 0 Å². The van der Waals surface area contributed by atoms with Gasteiger partial charge in [0.05, 0.1) is 0 Å². The number of phenolic OH excluding ortho intramolecular Hbond substituents is 1. The number of benzene rings is 1. The molecule has 0 spiro atoms. The minimum absolute atomic E-state index is 0.312. The highest BCUT2D eigenvalue weighted by molar-refractivity contribution is 5.84. The molecule has 0 unspecified atom stereocenters. The van der Waals surface area contributed by atoms with Gasteiger partial charge in [0, 0.05) is 23.2 Å². The fraction of sp³-hybridized carbons (Fsp3) is 0.200. The Bertz CT molecular complexity index is 403. The maximum Gasteiger partial charge on any atom is 0.117 e. The first kappa shape index (κ1) is 7.22. The summed E-state index contributed by atoms with van der Waals surface area (Å²) in [6.07, 6.45) is 3.01. The first-order chi connectivity index (χ1) is 5.81. The number of fused-ring (bicyclic) bond motifs is 1. The van der Waals surface area contributed by atoms with Crippen LogP contribution >= 0.6 is 0 Å². The molecule has 2 nitrogen and oxygen atoms in total. The van der Waals surface area contributed by atoms with Crippen molar-refractivity contribution in [3.8, 4) is 5.75 Å². The van der Waals surface area contributed by atoms with E-state index in [1.807, 2.05) is 12.3 Å². The number of hydrogen-bond donors (Lipinski definition) is 2. The molecule has 2 rings (SSSR count). The lowest BCUT2D eigenvalue weighted by molar-refractivity contribution is 0.476. The quantitative estimate of drug-likeness (QED) is 0.662. The molecule has 1 aromatic heterocycles. The molecular formula is C10H11NO. The van der Waals surface area contributed by atoms with Gasteiger partial charge in [0.15, 0.2) is 0 Å². The van der Waals surface area contributed by atoms with Gasteiger partial charge in [0.25, 0.3) is 0 Å². The van der Waals surface area contributed by atoms with Crippen LogP contribution in [0.1, 0.15) is 12.5 Å². The number of phenols is 1. The molecule has 12 heavy (non-hydrogen) atoms. The topological polar surface area (TPSA) is 36.0 Å². The number of hydrogen-bond acceptors (Lipinski definition) is 1. The van der Waals surface area contributed by atoms with Crippen LogP contribution in [0, 0.1) is 0 Å². The first-order valence-corrected chi connectivity index (χ1v) is 4.10. The number of aryl methyl sites for hydroxylation is 1. The van der Waals surface area contributed by atoms with Gasteiger partial charge in [-0.1, -0.05) is 6.92 Å². The fourth-order valence-electron chi connectivity index (χ4n) is 1.47. The van der Waals surface area contributed by atoms with Gasteiger partial charge >= 0.3 is 0 Å². The second-order valence-corrected chi connectivity index (χ2v) is 2.90. The molecule has 0 saturated heterocycles. The van der Waals surface area contributed by atoms with E-state index in [0.717, 1.165) is 11.9 Å². The van der Waals surface area contributed by atoms with E-state index in [1.165, 1.54) is 10.9 Å². The van der Waals surface area contributed by atoms with Crippen LogP contribution in [0.4, 0.5) is 0 Å². The minimum atomic E-state index is 0.312. The summed E-state index contributed by atoms with van der Waals surface area (Å²) in [6, 6.07) is 5.41. The molecule has 1 aromatic carbocycles. The zero-order valence-corrected chi connectivity index (χ0v) is 6.96. The van der Waals surface area contributed by atoms with Crippen molar-refractivity contribution in [3.05, 3.63) is 30.0 Å². The lowest BCUT2D eigenvalue weighted by Gasteiger charge is -1.93. The van der Waals surface area contributed by atoms with Crippen molar-refractivity contribution >= 4 is 10.9 Å². The molecular weight excluding hydrogens is 150 g/mol. The summed E-state index contributed by atoms with van der Waals surface area (Å²) in [5.41, 5.74) is 2.30. The Morgan fingerprint density at radius 3 is 3.00 bits per heavy atom. The summed E-state index contributed by atoms with van der Waals surface area (Å²) in [5, 5.41) is 10.4. The van der Waals surface area contributed by atoms with E-state index < -0.39 is 0 Å². The molecule has 0 saturated carbocycles. The zero-order valence-electron chi connectivity index (χ0n) is 6.96. The average Bonchev–Trinajstić information content (AvgIpc) is 2.46. The SMILES string of the molecule is CCc1c[nH]c2cc(O)ccc12. The van der Waals surface area contributed by atoms with Crippen molar-refractivity contribution in [3.63, 3.8) is 0 Å². The second kappa shape index (κ2) is 2.55. The number of rotatable bonds is 1. The Kier molecular flexibility index (Phi) is 1.54. The predicted octanol–water partition coefficient (Wildman–Crippen LogP) is 2.44. The lowest BCUT2D eigenvalue weighted by atomic mass is 10.1. The van der Waals surface area contributed by atoms with Crippen molar-refractivity contribution < 1.29 is 5.11 Å². The molecule has 0 bridgehead atoms. The van der Waals surface area contributed by atoms with Crippen LogP contribution < -0.4 is 0 Å². The summed E-state index contributed by atoms with van der Waals surface area (Å²) in [7, 11) is 0. The molecule has 2 aromatic rings. The Morgan fingerprint density at radius 2 is 2.25 bits per heavy atom. The standard InChI is InChI=1S/C10H11NO/c1-2-7-6-11-10-5-8(12)3-4-9(7)10/h3-6,11-12H,2H2,1H3. The molecule has 2 N–H and O–H groups in total. The molecule has 62 valence electrons. The average molecular weight is 161 g/mol. The Hall–Kier alpha value is -1.44. The van der Waals surface area contributed by atoms with Crippen LogP contribution in [0.3, 0.4) is 0 Å². The number of H-pyrrole nitrogens is 1. The summed E-state index contributed by atoms with van der Waals surface area (Å²) in [5.74, 6) is 0.312. The van der Waals surface area contributed by atoms with Crippen LogP contribution in [0.2, 0.25) is 0 Å². The first-order valence-electron chi connectivity index (χ1n) is 4.10. The summed E-state index contributed by atoms with van der Waals surface area (Å²) in [6.45, 7) is 2.12. The molecule has 0 radical (unpaired) electrons. The Morgan fingerprint density at radius 1 is 1.42 bits per heavy atom. The Balaban J connectivity index is 2.73. The van der Waals surface area contributed by atoms with Crippen LogP contribution in [0.25, 0.3) is 10.9 Å². The van der Waals surface area contributed by atoms with Gasteiger partial charge in [-0.05, 0) is 24.1 Å². The lowest BCUT2D eigenvalue weighted by Crippen LogP contribution is -1.73. The molecule has 0 aliphatic carbocycles. The second-order valence-electron chi connectivity index (χ2n) is 2.90. The maximum absolute atomic E-state index is 9.19. The minimum Gasteiger partial charge on any atom is -0.508 e. The molecule has 0 atom stereocenters. The van der Waals surface area contributed by atoms with Gasteiger partial charge in [0.1, 0.15) is 5.75 Å². The highest BCUT2D eigenvalue weighted by Gasteiger charge is 2.00. The fourth-order valence-corrected chi connectivity index (χ4v) is 1.47. The van der Waals surface area contributed by atoms with Gasteiger partial charge in [-0.3, -0.25) is 0 Å². The Labute approximate surface area is 70.8 Å². The van der Waals surface area contributed by atoms with Gasteiger partial charge < -0.3 is 10.1 Å². The maximum atomic E-state index is 9.19. The summed E-state index contributed by atoms with van der Waals surface area (Å²) < 4.78 is 0. The van der Waals surface area contributed by atoms with E-state index in [1.54, 1.807) is 12.1 Å². The highest BCUT2D eigenvalue weighted by Crippen LogP contribution is 2.22. The highest BCUT2D eigenvalue weighted by atomic mass is 16.3. The van der Waals surface area contributed by atoms with Crippen LogP contribution in [0.5, 0.6) is 5.75 Å². The molecule has 2 heteroatoms. The normalized spacial score (nSPS) is 10.8. The third-order valence-electron chi connectivity index (χ3n) is 2.13. The monoisotopic (exact) mass is 161 g/mol. The van der Waals surface area contributed by atoms with Gasteiger partial charge in [0.2, 0.25) is 0 Å². The van der Waals surface area contributed by atoms with Gasteiger partial charge in [-0.2, -0.15) is 0 Å². The summed E-state index contributed by atoms with van der Waals surface area (Å²) >= 11 is 0. The number of aromatic amines is 1. The molecule has 0 aliphatic heterocycles. The van der Waals surface area contributed by atoms with Crippen molar-refractivity contribution in [2.45, 2.75) is 13.3 Å². The van der Waals surface area contributed by atoms with E-state index in [-0.39, 0.29) is 0 Å². The predicted molar refractivity (Wildman–Crippen MR) is 49.3 cm³/mol. The van der Waals surface area contributed by atoms with E-state index in [9.17, 15) is 5.11 Å². The smallest absolute Gasteiger partial charge is 0.117 e. The van der Waals surface area contributed by atoms with Crippen LogP contribution in [-0.2, 0) is 6.42 Å². The van der Waals surface area contributed by atoms with Crippen molar-refractivity contribution in [2.24, 2.45) is 0 Å². The number of aromatic hydroxyl groups is 1. The van der Waals surface area contributed by atoms with Crippen molar-refractivity contribution in [1.29, 1.82) is 0 Å². The largest absolute Gasteiger partial charge is 0.508 e. The third kappa shape index (κ3) is 0.961. The molecule has 0 fully saturated rings. The van der Waals surface area contributed by atoms with E-state index in [2.05, 4.69) is 11.9 Å². The van der Waals surface area contributed by atoms with Crippen LogP contribution in [0.15, 0.2) is 24.4 Å². The van der Waals surface area contributed by atoms with Crippen molar-refractivity contribution in [2.75, 3.05) is 0 Å². The van der Waals surface area contributed by atoms with E-state index in [4.69, 9.17) is 0 Å². The van der Waals surface area contributed by atoms with Crippen molar-refractivity contribution in [1.82, 2.24) is 4.98 Å². The molecule has 0 amide bonds. The van der Waals surface area contributed by atoms with E-state index >= 15 is 0 Å². The molecule has 1 heterocycles. The third-order valence-corrected chi connectivity index (χ3v) is 2.13. The van der Waals surface area contributed by atoms with E-state index in [0.29, 0.717) is 5.75 Å². The van der Waals surface area contributed by atoms with Crippen LogP contribution in [-0.4, -0.2) is 10.1 Å². The zero-order chi connectivity index (χ0) is 8.55. The summed E-state index contributed by atoms with van der Waals surface area (Å²) in [4.78, 5) is 3.12.